The van der Waals surface area contributed by atoms with E-state index in [0.717, 1.165) is 21.7 Å². The van der Waals surface area contributed by atoms with Crippen molar-refractivity contribution in [1.82, 2.24) is 4.98 Å². The molecular weight excluding hydrogens is 230 g/mol. The molecule has 0 amide bonds. The Bertz CT molecular complexity index is 386. The molecule has 1 aromatic heterocycles. The van der Waals surface area contributed by atoms with E-state index in [-0.39, 0.29) is 0 Å². The van der Waals surface area contributed by atoms with Crippen LogP contribution in [-0.2, 0) is 27.5 Å². The van der Waals surface area contributed by atoms with E-state index in [9.17, 15) is 4.79 Å². The van der Waals surface area contributed by atoms with Crippen molar-refractivity contribution < 1.29 is 19.4 Å². The van der Waals surface area contributed by atoms with Crippen LogP contribution >= 0.6 is 11.3 Å². The van der Waals surface area contributed by atoms with Crippen molar-refractivity contribution in [3.63, 3.8) is 0 Å². The van der Waals surface area contributed by atoms with Gasteiger partial charge in [0, 0.05) is 20.3 Å². The average molecular weight is 243 g/mol. The van der Waals surface area contributed by atoms with Gasteiger partial charge in [-0.05, 0) is 6.08 Å². The van der Waals surface area contributed by atoms with Crippen LogP contribution in [0.3, 0.4) is 0 Å². The normalized spacial score (nSPS) is 11.1. The average Bonchev–Trinajstić information content (AvgIpc) is 2.59. The molecular formula is C10H13NO4S. The lowest BCUT2D eigenvalue weighted by Gasteiger charge is -1.94. The molecule has 1 rings (SSSR count). The van der Waals surface area contributed by atoms with Crippen molar-refractivity contribution in [3.8, 4) is 0 Å². The zero-order valence-electron chi connectivity index (χ0n) is 9.10. The SMILES string of the molecule is COCc1nc(COC)c(/C=C/C(=O)O)s1. The van der Waals surface area contributed by atoms with Gasteiger partial charge < -0.3 is 14.6 Å². The number of carboxylic acid groups (broad SMARTS) is 1. The first-order valence-electron chi connectivity index (χ1n) is 4.54. The maximum atomic E-state index is 10.4. The van der Waals surface area contributed by atoms with E-state index in [0.29, 0.717) is 13.2 Å². The standard InChI is InChI=1S/C10H13NO4S/c1-14-5-7-8(3-4-10(12)13)16-9(11-7)6-15-2/h3-4H,5-6H2,1-2H3,(H,12,13)/b4-3+. The number of aliphatic carboxylic acids is 1. The van der Waals surface area contributed by atoms with Gasteiger partial charge in [0.15, 0.2) is 0 Å². The summed E-state index contributed by atoms with van der Waals surface area (Å²) in [5, 5.41) is 9.35. The summed E-state index contributed by atoms with van der Waals surface area (Å²) >= 11 is 1.40. The Kier molecular flexibility index (Phi) is 5.10. The minimum Gasteiger partial charge on any atom is -0.478 e. The van der Waals surface area contributed by atoms with Crippen LogP contribution in [0, 0.1) is 0 Å². The first-order chi connectivity index (χ1) is 7.67. The molecule has 16 heavy (non-hydrogen) atoms. The van der Waals surface area contributed by atoms with Gasteiger partial charge in [-0.15, -0.1) is 11.3 Å². The second-order valence-corrected chi connectivity index (χ2v) is 4.07. The van der Waals surface area contributed by atoms with Crippen LogP contribution in [-0.4, -0.2) is 30.3 Å². The van der Waals surface area contributed by atoms with Crippen molar-refractivity contribution in [3.05, 3.63) is 21.7 Å². The van der Waals surface area contributed by atoms with E-state index < -0.39 is 5.97 Å². The summed E-state index contributed by atoms with van der Waals surface area (Å²) in [6.45, 7) is 0.780. The summed E-state index contributed by atoms with van der Waals surface area (Å²) in [5.41, 5.74) is 0.733. The summed E-state index contributed by atoms with van der Waals surface area (Å²) < 4.78 is 9.96. The van der Waals surface area contributed by atoms with E-state index in [1.807, 2.05) is 0 Å². The highest BCUT2D eigenvalue weighted by Crippen LogP contribution is 2.21. The molecule has 1 heterocycles. The Labute approximate surface area is 97.3 Å². The molecule has 0 radical (unpaired) electrons. The Morgan fingerprint density at radius 2 is 2.12 bits per heavy atom. The number of carboxylic acids is 1. The van der Waals surface area contributed by atoms with Crippen LogP contribution < -0.4 is 0 Å². The lowest BCUT2D eigenvalue weighted by Crippen LogP contribution is -1.92. The molecule has 0 bridgehead atoms. The number of hydrogen-bond donors (Lipinski definition) is 1. The Morgan fingerprint density at radius 3 is 2.69 bits per heavy atom. The number of hydrogen-bond acceptors (Lipinski definition) is 5. The molecule has 0 atom stereocenters. The number of rotatable bonds is 6. The van der Waals surface area contributed by atoms with Gasteiger partial charge in [0.2, 0.25) is 0 Å². The molecule has 0 aliphatic heterocycles. The molecule has 1 N–H and O–H groups in total. The number of methoxy groups -OCH3 is 2. The molecule has 6 heteroatoms. The summed E-state index contributed by atoms with van der Waals surface area (Å²) in [6, 6.07) is 0. The number of thiazole rings is 1. The highest BCUT2D eigenvalue weighted by molar-refractivity contribution is 7.12. The molecule has 0 spiro atoms. The topological polar surface area (TPSA) is 68.7 Å². The summed E-state index contributed by atoms with van der Waals surface area (Å²) in [5.74, 6) is -0.981. The smallest absolute Gasteiger partial charge is 0.328 e. The zero-order chi connectivity index (χ0) is 12.0. The molecule has 0 aliphatic rings. The van der Waals surface area contributed by atoms with E-state index in [1.54, 1.807) is 14.2 Å². The van der Waals surface area contributed by atoms with Crippen molar-refractivity contribution in [1.29, 1.82) is 0 Å². The van der Waals surface area contributed by atoms with Crippen molar-refractivity contribution in [2.24, 2.45) is 0 Å². The summed E-state index contributed by atoms with van der Waals surface area (Å²) in [7, 11) is 3.16. The zero-order valence-corrected chi connectivity index (χ0v) is 9.91. The van der Waals surface area contributed by atoms with E-state index in [4.69, 9.17) is 14.6 Å². The third-order valence-corrected chi connectivity index (χ3v) is 2.73. The van der Waals surface area contributed by atoms with Crippen molar-refractivity contribution in [2.45, 2.75) is 13.2 Å². The molecule has 88 valence electrons. The van der Waals surface area contributed by atoms with Crippen LogP contribution in [0.15, 0.2) is 6.08 Å². The fourth-order valence-corrected chi connectivity index (χ4v) is 2.06. The molecule has 0 saturated heterocycles. The highest BCUT2D eigenvalue weighted by Gasteiger charge is 2.08. The van der Waals surface area contributed by atoms with Gasteiger partial charge in [-0.25, -0.2) is 9.78 Å². The summed E-state index contributed by atoms with van der Waals surface area (Å²) in [6.07, 6.45) is 2.61. The van der Waals surface area contributed by atoms with E-state index in [1.165, 1.54) is 17.4 Å². The van der Waals surface area contributed by atoms with Crippen molar-refractivity contribution >= 4 is 23.4 Å². The van der Waals surface area contributed by atoms with Crippen molar-refractivity contribution in [2.75, 3.05) is 14.2 Å². The molecule has 0 aromatic carbocycles. The number of aromatic nitrogens is 1. The number of ether oxygens (including phenoxy) is 2. The lowest BCUT2D eigenvalue weighted by atomic mass is 10.3. The first kappa shape index (κ1) is 12.8. The molecule has 0 fully saturated rings. The molecule has 0 saturated carbocycles. The Morgan fingerprint density at radius 1 is 1.44 bits per heavy atom. The molecule has 0 unspecified atom stereocenters. The van der Waals surface area contributed by atoms with E-state index >= 15 is 0 Å². The second-order valence-electron chi connectivity index (χ2n) is 2.96. The predicted octanol–water partition coefficient (Wildman–Crippen LogP) is 1.53. The maximum absolute atomic E-state index is 10.4. The van der Waals surface area contributed by atoms with Gasteiger partial charge in [-0.1, -0.05) is 0 Å². The van der Waals surface area contributed by atoms with Gasteiger partial charge in [0.05, 0.1) is 23.8 Å². The number of nitrogens with zero attached hydrogens (tertiary/aromatic N) is 1. The van der Waals surface area contributed by atoms with Gasteiger partial charge >= 0.3 is 5.97 Å². The van der Waals surface area contributed by atoms with Gasteiger partial charge in [-0.3, -0.25) is 0 Å². The first-order valence-corrected chi connectivity index (χ1v) is 5.36. The van der Waals surface area contributed by atoms with Crippen LogP contribution in [0.4, 0.5) is 0 Å². The third-order valence-electron chi connectivity index (χ3n) is 1.70. The van der Waals surface area contributed by atoms with Crippen LogP contribution in [0.25, 0.3) is 6.08 Å². The maximum Gasteiger partial charge on any atom is 0.328 e. The van der Waals surface area contributed by atoms with Gasteiger partial charge in [0.25, 0.3) is 0 Å². The monoisotopic (exact) mass is 243 g/mol. The Hall–Kier alpha value is -1.24. The second kappa shape index (κ2) is 6.37. The third kappa shape index (κ3) is 3.73. The van der Waals surface area contributed by atoms with Crippen LogP contribution in [0.2, 0.25) is 0 Å². The van der Waals surface area contributed by atoms with Crippen LogP contribution in [0.1, 0.15) is 15.6 Å². The molecule has 5 nitrogen and oxygen atoms in total. The minimum absolute atomic E-state index is 0.361. The number of carbonyl (C=O) groups is 1. The quantitative estimate of drug-likeness (QED) is 0.767. The summed E-state index contributed by atoms with van der Waals surface area (Å²) in [4.78, 5) is 15.5. The minimum atomic E-state index is -0.981. The molecule has 0 aliphatic carbocycles. The fourth-order valence-electron chi connectivity index (χ4n) is 1.12. The van der Waals surface area contributed by atoms with Gasteiger partial charge in [0.1, 0.15) is 5.01 Å². The fraction of sp³-hybridized carbons (Fsp3) is 0.400. The lowest BCUT2D eigenvalue weighted by molar-refractivity contribution is -0.131. The van der Waals surface area contributed by atoms with E-state index in [2.05, 4.69) is 4.98 Å². The Balaban J connectivity index is 2.90. The predicted molar refractivity (Wildman–Crippen MR) is 60.2 cm³/mol. The molecule has 1 aromatic rings. The van der Waals surface area contributed by atoms with Crippen LogP contribution in [0.5, 0.6) is 0 Å². The largest absolute Gasteiger partial charge is 0.478 e. The van der Waals surface area contributed by atoms with Gasteiger partial charge in [-0.2, -0.15) is 0 Å². The highest BCUT2D eigenvalue weighted by atomic mass is 32.1.